The van der Waals surface area contributed by atoms with Gasteiger partial charge in [0.1, 0.15) is 5.75 Å². The van der Waals surface area contributed by atoms with E-state index in [0.29, 0.717) is 43.8 Å². The molecule has 1 aromatic carbocycles. The highest BCUT2D eigenvalue weighted by Gasteiger charge is 2.32. The van der Waals surface area contributed by atoms with Crippen LogP contribution in [0.2, 0.25) is 0 Å². The molecule has 1 aromatic rings. The Balaban J connectivity index is 1.80. The molecule has 0 saturated carbocycles. The Hall–Kier alpha value is -1.64. The molecule has 8 heteroatoms. The Morgan fingerprint density at radius 1 is 1.32 bits per heavy atom. The third kappa shape index (κ3) is 3.80. The van der Waals surface area contributed by atoms with Gasteiger partial charge in [0.25, 0.3) is 5.91 Å². The van der Waals surface area contributed by atoms with Crippen molar-refractivity contribution in [1.29, 1.82) is 0 Å². The minimum atomic E-state index is -3.65. The number of ether oxygens (including phenoxy) is 1. The minimum Gasteiger partial charge on any atom is -0.478 e. The second-order valence-corrected chi connectivity index (χ2v) is 8.47. The van der Waals surface area contributed by atoms with Gasteiger partial charge in [-0.1, -0.05) is 13.3 Å². The summed E-state index contributed by atoms with van der Waals surface area (Å²) in [7, 11) is -3.65. The number of unbranched alkanes of at least 4 members (excludes halogenated alkanes) is 1. The molecule has 7 nitrogen and oxygen atoms in total. The van der Waals surface area contributed by atoms with Gasteiger partial charge in [0, 0.05) is 13.1 Å². The van der Waals surface area contributed by atoms with Crippen LogP contribution in [0.4, 0.5) is 5.69 Å². The van der Waals surface area contributed by atoms with Crippen LogP contribution in [-0.2, 0) is 14.8 Å². The smallest absolute Gasteiger partial charge is 0.265 e. The number of hydrogen-bond donors (Lipinski definition) is 2. The van der Waals surface area contributed by atoms with Crippen molar-refractivity contribution in [3.63, 3.8) is 0 Å². The van der Waals surface area contributed by atoms with Crippen LogP contribution in [0.15, 0.2) is 23.1 Å². The van der Waals surface area contributed by atoms with E-state index in [1.165, 1.54) is 16.4 Å². The number of nitrogens with zero attached hydrogens (tertiary/aromatic N) is 1. The van der Waals surface area contributed by atoms with Crippen LogP contribution in [0.3, 0.4) is 0 Å². The average Bonchev–Trinajstić information content (AvgIpc) is 2.59. The van der Waals surface area contributed by atoms with Crippen molar-refractivity contribution in [2.75, 3.05) is 18.4 Å². The zero-order valence-electron chi connectivity index (χ0n) is 14.3. The number of fused-ring (bicyclic) bond motifs is 1. The molecule has 1 amide bonds. The van der Waals surface area contributed by atoms with Crippen molar-refractivity contribution in [2.24, 2.45) is 0 Å². The second kappa shape index (κ2) is 7.31. The second-order valence-electron chi connectivity index (χ2n) is 6.53. The topological polar surface area (TPSA) is 95.9 Å². The Labute approximate surface area is 148 Å². The van der Waals surface area contributed by atoms with Crippen LogP contribution >= 0.6 is 0 Å². The highest BCUT2D eigenvalue weighted by atomic mass is 32.2. The molecule has 0 aliphatic carbocycles. The van der Waals surface area contributed by atoms with E-state index in [4.69, 9.17) is 4.74 Å². The molecule has 25 heavy (non-hydrogen) atoms. The lowest BCUT2D eigenvalue weighted by atomic mass is 10.1. The zero-order valence-corrected chi connectivity index (χ0v) is 15.1. The molecule has 2 N–H and O–H groups in total. The summed E-state index contributed by atoms with van der Waals surface area (Å²) in [6.07, 6.45) is 2.40. The van der Waals surface area contributed by atoms with Gasteiger partial charge in [-0.15, -0.1) is 0 Å². The van der Waals surface area contributed by atoms with Crippen LogP contribution < -0.4 is 10.1 Å². The Bertz CT molecular complexity index is 741. The number of carbonyl (C=O) groups is 1. The molecule has 0 aromatic heterocycles. The van der Waals surface area contributed by atoms with Crippen molar-refractivity contribution in [3.8, 4) is 5.75 Å². The molecular formula is C17H24N2O5S. The van der Waals surface area contributed by atoms with Gasteiger partial charge < -0.3 is 15.2 Å². The zero-order chi connectivity index (χ0) is 18.0. The molecule has 2 heterocycles. The van der Waals surface area contributed by atoms with Gasteiger partial charge in [0.15, 0.2) is 6.10 Å². The molecule has 0 unspecified atom stereocenters. The summed E-state index contributed by atoms with van der Waals surface area (Å²) in [6.45, 7) is 2.64. The van der Waals surface area contributed by atoms with Crippen LogP contribution in [0, 0.1) is 0 Å². The first-order valence-electron chi connectivity index (χ1n) is 8.71. The van der Waals surface area contributed by atoms with Crippen molar-refractivity contribution in [2.45, 2.75) is 56.1 Å². The van der Waals surface area contributed by atoms with E-state index in [0.717, 1.165) is 12.8 Å². The van der Waals surface area contributed by atoms with Crippen molar-refractivity contribution in [3.05, 3.63) is 18.2 Å². The van der Waals surface area contributed by atoms with E-state index in [9.17, 15) is 18.3 Å². The molecule has 3 rings (SSSR count). The van der Waals surface area contributed by atoms with Gasteiger partial charge in [0.05, 0.1) is 16.7 Å². The molecule has 2 aliphatic heterocycles. The largest absolute Gasteiger partial charge is 0.478 e. The number of piperidine rings is 1. The minimum absolute atomic E-state index is 0.124. The summed E-state index contributed by atoms with van der Waals surface area (Å²) in [6, 6.07) is 4.55. The number of aliphatic hydroxyl groups is 1. The summed E-state index contributed by atoms with van der Waals surface area (Å²) in [5.41, 5.74) is 0.385. The monoisotopic (exact) mass is 368 g/mol. The molecule has 1 fully saturated rings. The Kier molecular flexibility index (Phi) is 5.31. The molecular weight excluding hydrogens is 344 g/mol. The number of nitrogens with one attached hydrogen (secondary N) is 1. The normalized spacial score (nSPS) is 22.2. The first kappa shape index (κ1) is 18.2. The quantitative estimate of drug-likeness (QED) is 0.825. The molecule has 0 spiro atoms. The van der Waals surface area contributed by atoms with E-state index in [1.807, 2.05) is 6.92 Å². The first-order valence-corrected chi connectivity index (χ1v) is 10.2. The standard InChI is InChI=1S/C17H24N2O5S/c1-2-3-4-16-17(21)18-14-11-13(5-6-15(14)24-16)25(22,23)19-9-7-12(20)8-10-19/h5-6,11-12,16,20H,2-4,7-10H2,1H3,(H,18,21)/t16-/m0/s1. The lowest BCUT2D eigenvalue weighted by Crippen LogP contribution is -2.40. The highest BCUT2D eigenvalue weighted by molar-refractivity contribution is 7.89. The average molecular weight is 368 g/mol. The lowest BCUT2D eigenvalue weighted by molar-refractivity contribution is -0.123. The molecule has 2 aliphatic rings. The summed E-state index contributed by atoms with van der Waals surface area (Å²) in [5, 5.41) is 12.3. The van der Waals surface area contributed by atoms with Gasteiger partial charge >= 0.3 is 0 Å². The summed E-state index contributed by atoms with van der Waals surface area (Å²) in [5.74, 6) is 0.255. The summed E-state index contributed by atoms with van der Waals surface area (Å²) >= 11 is 0. The van der Waals surface area contributed by atoms with Crippen LogP contribution in [0.5, 0.6) is 5.75 Å². The summed E-state index contributed by atoms with van der Waals surface area (Å²) in [4.78, 5) is 12.3. The number of aliphatic hydroxyl groups excluding tert-OH is 1. The van der Waals surface area contributed by atoms with E-state index in [1.54, 1.807) is 6.07 Å². The van der Waals surface area contributed by atoms with Gasteiger partial charge in [-0.05, 0) is 43.9 Å². The highest BCUT2D eigenvalue weighted by Crippen LogP contribution is 2.34. The molecule has 0 radical (unpaired) electrons. The third-order valence-electron chi connectivity index (χ3n) is 4.65. The van der Waals surface area contributed by atoms with Crippen LogP contribution in [0.25, 0.3) is 0 Å². The number of rotatable bonds is 5. The maximum Gasteiger partial charge on any atom is 0.265 e. The fourth-order valence-corrected chi connectivity index (χ4v) is 4.60. The molecule has 1 saturated heterocycles. The SMILES string of the molecule is CCCC[C@@H]1Oc2ccc(S(=O)(=O)N3CCC(O)CC3)cc2NC1=O. The number of sulfonamides is 1. The van der Waals surface area contributed by atoms with E-state index < -0.39 is 22.2 Å². The summed E-state index contributed by atoms with van der Waals surface area (Å²) < 4.78 is 32.6. The van der Waals surface area contributed by atoms with Gasteiger partial charge in [-0.3, -0.25) is 4.79 Å². The lowest BCUT2D eigenvalue weighted by Gasteiger charge is -2.30. The van der Waals surface area contributed by atoms with E-state index in [-0.39, 0.29) is 10.8 Å². The Morgan fingerprint density at radius 2 is 2.04 bits per heavy atom. The predicted molar refractivity (Wildman–Crippen MR) is 93.0 cm³/mol. The number of hydrogen-bond acceptors (Lipinski definition) is 5. The Morgan fingerprint density at radius 3 is 2.72 bits per heavy atom. The number of carbonyl (C=O) groups excluding carboxylic acids is 1. The fraction of sp³-hybridized carbons (Fsp3) is 0.588. The molecule has 138 valence electrons. The van der Waals surface area contributed by atoms with Crippen LogP contribution in [-0.4, -0.2) is 49.0 Å². The number of benzene rings is 1. The number of amides is 1. The van der Waals surface area contributed by atoms with Gasteiger partial charge in [-0.25, -0.2) is 8.42 Å². The van der Waals surface area contributed by atoms with Crippen molar-refractivity contribution in [1.82, 2.24) is 4.31 Å². The first-order chi connectivity index (χ1) is 11.9. The van der Waals surface area contributed by atoms with E-state index in [2.05, 4.69) is 5.32 Å². The fourth-order valence-electron chi connectivity index (χ4n) is 3.10. The van der Waals surface area contributed by atoms with Crippen molar-refractivity contribution >= 4 is 21.6 Å². The van der Waals surface area contributed by atoms with Crippen molar-refractivity contribution < 1.29 is 23.1 Å². The van der Waals surface area contributed by atoms with Gasteiger partial charge in [-0.2, -0.15) is 4.31 Å². The molecule has 1 atom stereocenters. The molecule has 0 bridgehead atoms. The maximum absolute atomic E-state index is 12.8. The van der Waals surface area contributed by atoms with Crippen LogP contribution in [0.1, 0.15) is 39.0 Å². The van der Waals surface area contributed by atoms with Gasteiger partial charge in [0.2, 0.25) is 10.0 Å². The maximum atomic E-state index is 12.8. The number of anilines is 1. The van der Waals surface area contributed by atoms with E-state index >= 15 is 0 Å². The predicted octanol–water partition coefficient (Wildman–Crippen LogP) is 1.72. The third-order valence-corrected chi connectivity index (χ3v) is 6.55.